The minimum absolute atomic E-state index is 0.242. The van der Waals surface area contributed by atoms with Crippen molar-refractivity contribution >= 4 is 17.1 Å². The Morgan fingerprint density at radius 3 is 2.61 bits per heavy atom. The maximum Gasteiger partial charge on any atom is 0.126 e. The third-order valence-electron chi connectivity index (χ3n) is 2.62. The normalized spacial score (nSPS) is 9.83. The molecule has 0 bridgehead atoms. The van der Waals surface area contributed by atoms with E-state index in [-0.39, 0.29) is 5.82 Å². The molecular weight excluding hydrogens is 229 g/mol. The number of hydrogen-bond acceptors (Lipinski definition) is 3. The van der Waals surface area contributed by atoms with E-state index in [1.807, 2.05) is 6.07 Å². The molecule has 0 aliphatic carbocycles. The maximum atomic E-state index is 13.1. The summed E-state index contributed by atoms with van der Waals surface area (Å²) in [6, 6.07) is 11.8. The topological polar surface area (TPSA) is 61.8 Å². The van der Waals surface area contributed by atoms with E-state index >= 15 is 0 Å². The van der Waals surface area contributed by atoms with Gasteiger partial charge in [-0.25, -0.2) is 4.39 Å². The van der Waals surface area contributed by atoms with Crippen LogP contribution in [0.2, 0.25) is 0 Å². The van der Waals surface area contributed by atoms with Gasteiger partial charge in [-0.3, -0.25) is 0 Å². The Morgan fingerprint density at radius 1 is 1.22 bits per heavy atom. The largest absolute Gasteiger partial charge is 0.397 e. The molecule has 0 unspecified atom stereocenters. The lowest BCUT2D eigenvalue weighted by molar-refractivity contribution is 0.619. The van der Waals surface area contributed by atoms with Gasteiger partial charge in [0.1, 0.15) is 5.82 Å². The summed E-state index contributed by atoms with van der Waals surface area (Å²) in [5.41, 5.74) is 8.83. The highest BCUT2D eigenvalue weighted by molar-refractivity contribution is 5.74. The summed E-state index contributed by atoms with van der Waals surface area (Å²) < 4.78 is 13.1. The average molecular weight is 241 g/mol. The van der Waals surface area contributed by atoms with E-state index in [1.165, 1.54) is 6.07 Å². The standard InChI is InChI=1S/C14H12FN3/c1-9-6-11(3-4-12(9)15)18-14-5-2-10(8-16)7-13(14)17/h2-7,18H,17H2,1H3. The molecule has 0 spiro atoms. The molecular formula is C14H12FN3. The molecule has 18 heavy (non-hydrogen) atoms. The van der Waals surface area contributed by atoms with Crippen molar-refractivity contribution in [2.75, 3.05) is 11.1 Å². The second-order valence-electron chi connectivity index (χ2n) is 4.00. The lowest BCUT2D eigenvalue weighted by Crippen LogP contribution is -1.97. The molecule has 2 aromatic rings. The predicted molar refractivity (Wildman–Crippen MR) is 70.0 cm³/mol. The summed E-state index contributed by atoms with van der Waals surface area (Å²) in [7, 11) is 0. The first-order valence-corrected chi connectivity index (χ1v) is 5.43. The van der Waals surface area contributed by atoms with Crippen molar-refractivity contribution in [2.24, 2.45) is 0 Å². The minimum Gasteiger partial charge on any atom is -0.397 e. The number of nitrogens with zero attached hydrogens (tertiary/aromatic N) is 1. The van der Waals surface area contributed by atoms with Crippen LogP contribution in [-0.2, 0) is 0 Å². The number of nitriles is 1. The second-order valence-corrected chi connectivity index (χ2v) is 4.00. The van der Waals surface area contributed by atoms with Crippen molar-refractivity contribution in [3.05, 3.63) is 53.3 Å². The van der Waals surface area contributed by atoms with Crippen molar-refractivity contribution in [1.82, 2.24) is 0 Å². The summed E-state index contributed by atoms with van der Waals surface area (Å²) >= 11 is 0. The number of nitrogens with one attached hydrogen (secondary N) is 1. The van der Waals surface area contributed by atoms with E-state index in [1.54, 1.807) is 37.3 Å². The van der Waals surface area contributed by atoms with Gasteiger partial charge in [0.25, 0.3) is 0 Å². The van der Waals surface area contributed by atoms with Gasteiger partial charge in [-0.2, -0.15) is 5.26 Å². The molecule has 3 N–H and O–H groups in total. The van der Waals surface area contributed by atoms with Crippen LogP contribution in [0.25, 0.3) is 0 Å². The van der Waals surface area contributed by atoms with Crippen molar-refractivity contribution in [3.8, 4) is 6.07 Å². The fraction of sp³-hybridized carbons (Fsp3) is 0.0714. The summed E-state index contributed by atoms with van der Waals surface area (Å²) in [5.74, 6) is -0.242. The van der Waals surface area contributed by atoms with Crippen LogP contribution in [-0.4, -0.2) is 0 Å². The zero-order chi connectivity index (χ0) is 13.1. The monoisotopic (exact) mass is 241 g/mol. The smallest absolute Gasteiger partial charge is 0.126 e. The number of anilines is 3. The first kappa shape index (κ1) is 11.9. The molecule has 2 aromatic carbocycles. The van der Waals surface area contributed by atoms with Gasteiger partial charge < -0.3 is 11.1 Å². The number of hydrogen-bond donors (Lipinski definition) is 2. The fourth-order valence-electron chi connectivity index (χ4n) is 1.62. The number of aryl methyl sites for hydroxylation is 1. The molecule has 0 saturated heterocycles. The van der Waals surface area contributed by atoms with E-state index in [4.69, 9.17) is 11.0 Å². The van der Waals surface area contributed by atoms with Gasteiger partial charge in [0, 0.05) is 5.69 Å². The molecule has 0 heterocycles. The average Bonchev–Trinajstić information content (AvgIpc) is 2.36. The molecule has 0 aromatic heterocycles. The van der Waals surface area contributed by atoms with Crippen LogP contribution in [0.1, 0.15) is 11.1 Å². The third kappa shape index (κ3) is 2.41. The first-order valence-electron chi connectivity index (χ1n) is 5.43. The minimum atomic E-state index is -0.242. The summed E-state index contributed by atoms with van der Waals surface area (Å²) in [4.78, 5) is 0. The van der Waals surface area contributed by atoms with Crippen LogP contribution in [0.15, 0.2) is 36.4 Å². The molecule has 2 rings (SSSR count). The zero-order valence-corrected chi connectivity index (χ0v) is 9.87. The maximum absolute atomic E-state index is 13.1. The third-order valence-corrected chi connectivity index (χ3v) is 2.62. The molecule has 3 nitrogen and oxygen atoms in total. The van der Waals surface area contributed by atoms with Gasteiger partial charge in [0.05, 0.1) is 23.0 Å². The van der Waals surface area contributed by atoms with Gasteiger partial charge in [-0.1, -0.05) is 0 Å². The highest BCUT2D eigenvalue weighted by Crippen LogP contribution is 2.25. The van der Waals surface area contributed by atoms with Crippen LogP contribution < -0.4 is 11.1 Å². The Balaban J connectivity index is 2.29. The quantitative estimate of drug-likeness (QED) is 0.793. The Bertz CT molecular complexity index is 629. The summed E-state index contributed by atoms with van der Waals surface area (Å²) in [6.45, 7) is 1.70. The molecule has 0 aliphatic heterocycles. The van der Waals surface area contributed by atoms with E-state index in [9.17, 15) is 4.39 Å². The first-order chi connectivity index (χ1) is 8.60. The number of rotatable bonds is 2. The molecule has 0 amide bonds. The zero-order valence-electron chi connectivity index (χ0n) is 9.87. The number of nitrogen functional groups attached to an aromatic ring is 1. The highest BCUT2D eigenvalue weighted by Gasteiger charge is 2.03. The highest BCUT2D eigenvalue weighted by atomic mass is 19.1. The molecule has 0 aliphatic rings. The molecule has 4 heteroatoms. The van der Waals surface area contributed by atoms with Gasteiger partial charge in [-0.05, 0) is 48.9 Å². The molecule has 0 radical (unpaired) electrons. The Kier molecular flexibility index (Phi) is 3.16. The molecule has 0 fully saturated rings. The van der Waals surface area contributed by atoms with Gasteiger partial charge in [0.2, 0.25) is 0 Å². The summed E-state index contributed by atoms with van der Waals surface area (Å²) in [6.07, 6.45) is 0. The Hall–Kier alpha value is -2.54. The van der Waals surface area contributed by atoms with Gasteiger partial charge in [-0.15, -0.1) is 0 Å². The predicted octanol–water partition coefficient (Wildman–Crippen LogP) is 3.33. The van der Waals surface area contributed by atoms with Crippen LogP contribution in [0.3, 0.4) is 0 Å². The molecule has 0 atom stereocenters. The van der Waals surface area contributed by atoms with E-state index in [2.05, 4.69) is 5.32 Å². The number of benzene rings is 2. The lowest BCUT2D eigenvalue weighted by atomic mass is 10.1. The molecule has 90 valence electrons. The van der Waals surface area contributed by atoms with Gasteiger partial charge in [0.15, 0.2) is 0 Å². The summed E-state index contributed by atoms with van der Waals surface area (Å²) in [5, 5.41) is 11.8. The van der Waals surface area contributed by atoms with Crippen molar-refractivity contribution in [1.29, 1.82) is 5.26 Å². The second kappa shape index (κ2) is 4.76. The Morgan fingerprint density at radius 2 is 2.00 bits per heavy atom. The SMILES string of the molecule is Cc1cc(Nc2ccc(C#N)cc2N)ccc1F. The van der Waals surface area contributed by atoms with Crippen molar-refractivity contribution in [2.45, 2.75) is 6.92 Å². The van der Waals surface area contributed by atoms with Crippen LogP contribution in [0.4, 0.5) is 21.5 Å². The van der Waals surface area contributed by atoms with Crippen LogP contribution in [0, 0.1) is 24.1 Å². The number of nitrogens with two attached hydrogens (primary N) is 1. The van der Waals surface area contributed by atoms with Crippen LogP contribution in [0.5, 0.6) is 0 Å². The lowest BCUT2D eigenvalue weighted by Gasteiger charge is -2.10. The van der Waals surface area contributed by atoms with E-state index in [0.29, 0.717) is 22.5 Å². The van der Waals surface area contributed by atoms with E-state index in [0.717, 1.165) is 5.69 Å². The molecule has 0 saturated carbocycles. The van der Waals surface area contributed by atoms with Crippen molar-refractivity contribution < 1.29 is 4.39 Å². The Labute approximate surface area is 105 Å². The van der Waals surface area contributed by atoms with E-state index < -0.39 is 0 Å². The van der Waals surface area contributed by atoms with Crippen LogP contribution >= 0.6 is 0 Å². The fourth-order valence-corrected chi connectivity index (χ4v) is 1.62. The van der Waals surface area contributed by atoms with Gasteiger partial charge >= 0.3 is 0 Å². The van der Waals surface area contributed by atoms with Crippen molar-refractivity contribution in [3.63, 3.8) is 0 Å². The number of halogens is 1.